The number of H-pyrrole nitrogens is 2. The number of nitrogens with zero attached hydrogens (tertiary/aromatic N) is 2. The van der Waals surface area contributed by atoms with E-state index in [4.69, 9.17) is 9.97 Å². The summed E-state index contributed by atoms with van der Waals surface area (Å²) >= 11 is 0. The molecule has 42 heavy (non-hydrogen) atoms. The predicted molar refractivity (Wildman–Crippen MR) is 178 cm³/mol. The molecule has 206 valence electrons. The van der Waals surface area contributed by atoms with Crippen LogP contribution in [0.5, 0.6) is 0 Å². The van der Waals surface area contributed by atoms with Crippen LogP contribution in [0.15, 0.2) is 78.9 Å². The second-order valence-corrected chi connectivity index (χ2v) is 11.3. The van der Waals surface area contributed by atoms with Gasteiger partial charge in [0, 0.05) is 38.8 Å². The van der Waals surface area contributed by atoms with Gasteiger partial charge in [-0.25, -0.2) is 9.97 Å². The minimum Gasteiger partial charge on any atom is -0.355 e. The number of nitrogens with one attached hydrogen (secondary N) is 2. The van der Waals surface area contributed by atoms with Gasteiger partial charge in [0.2, 0.25) is 0 Å². The molecule has 4 heteroatoms. The number of hydrogen-bond donors (Lipinski definition) is 2. The van der Waals surface area contributed by atoms with E-state index in [0.717, 1.165) is 86.4 Å². The quantitative estimate of drug-likeness (QED) is 0.226. The standard InChI is InChI=1S/C38H34N4/c1-4-5-6-30-31-19-21-35(41-31)37(26-11-7-24(2)8-12-26)33-17-15-28(39-33)23-29-16-18-34(40-29)38(36-22-20-32(30)42-36)27-13-9-25(3)10-14-27/h7-23,39-40H,4-6H2,1-3H3. The van der Waals surface area contributed by atoms with Gasteiger partial charge in [-0.3, -0.25) is 0 Å². The highest BCUT2D eigenvalue weighted by Gasteiger charge is 2.17. The third-order valence-electron chi connectivity index (χ3n) is 8.14. The first kappa shape index (κ1) is 26.0. The summed E-state index contributed by atoms with van der Waals surface area (Å²) < 4.78 is 0. The van der Waals surface area contributed by atoms with Gasteiger partial charge in [-0.1, -0.05) is 73.0 Å². The van der Waals surface area contributed by atoms with E-state index < -0.39 is 0 Å². The zero-order valence-electron chi connectivity index (χ0n) is 24.3. The third-order valence-corrected chi connectivity index (χ3v) is 8.14. The van der Waals surface area contributed by atoms with Crippen molar-refractivity contribution in [2.24, 2.45) is 0 Å². The van der Waals surface area contributed by atoms with Crippen LogP contribution >= 0.6 is 0 Å². The Balaban J connectivity index is 1.59. The molecule has 0 spiro atoms. The van der Waals surface area contributed by atoms with Gasteiger partial charge in [-0.2, -0.15) is 0 Å². The molecule has 0 saturated heterocycles. The van der Waals surface area contributed by atoms with Crippen molar-refractivity contribution >= 4 is 46.4 Å². The van der Waals surface area contributed by atoms with Crippen molar-refractivity contribution in [1.82, 2.24) is 19.9 Å². The van der Waals surface area contributed by atoms with Crippen molar-refractivity contribution < 1.29 is 0 Å². The first-order valence-electron chi connectivity index (χ1n) is 14.8. The number of aryl methyl sites for hydroxylation is 2. The van der Waals surface area contributed by atoms with E-state index in [-0.39, 0.29) is 0 Å². The maximum absolute atomic E-state index is 5.26. The molecule has 0 aliphatic carbocycles. The van der Waals surface area contributed by atoms with Crippen LogP contribution in [-0.4, -0.2) is 19.9 Å². The van der Waals surface area contributed by atoms with Crippen LogP contribution in [0.4, 0.5) is 0 Å². The zero-order chi connectivity index (χ0) is 28.6. The molecular weight excluding hydrogens is 512 g/mol. The number of aromatic nitrogens is 4. The normalized spacial score (nSPS) is 12.3. The van der Waals surface area contributed by atoms with E-state index in [9.17, 15) is 0 Å². The van der Waals surface area contributed by atoms with E-state index in [1.165, 1.54) is 16.7 Å². The summed E-state index contributed by atoms with van der Waals surface area (Å²) in [4.78, 5) is 17.9. The van der Waals surface area contributed by atoms with Crippen molar-refractivity contribution in [1.29, 1.82) is 0 Å². The van der Waals surface area contributed by atoms with E-state index in [0.29, 0.717) is 0 Å². The average Bonchev–Trinajstić information content (AvgIpc) is 3.81. The molecule has 2 aliphatic heterocycles. The lowest BCUT2D eigenvalue weighted by Crippen LogP contribution is -1.95. The van der Waals surface area contributed by atoms with Crippen LogP contribution in [0.1, 0.15) is 59.2 Å². The highest BCUT2D eigenvalue weighted by molar-refractivity contribution is 5.93. The molecule has 0 fully saturated rings. The minimum absolute atomic E-state index is 0.928. The van der Waals surface area contributed by atoms with Gasteiger partial charge in [0.25, 0.3) is 0 Å². The minimum atomic E-state index is 0.928. The summed E-state index contributed by atoms with van der Waals surface area (Å²) in [7, 11) is 0. The van der Waals surface area contributed by atoms with Crippen LogP contribution < -0.4 is 0 Å². The Hall–Kier alpha value is -4.96. The summed E-state index contributed by atoms with van der Waals surface area (Å²) in [5.74, 6) is 0. The van der Waals surface area contributed by atoms with E-state index >= 15 is 0 Å². The van der Waals surface area contributed by atoms with E-state index in [2.05, 4.69) is 134 Å². The van der Waals surface area contributed by atoms with Crippen molar-refractivity contribution in [2.75, 3.05) is 0 Å². The zero-order valence-corrected chi connectivity index (χ0v) is 24.3. The van der Waals surface area contributed by atoms with Crippen molar-refractivity contribution in [3.63, 3.8) is 0 Å². The van der Waals surface area contributed by atoms with Crippen molar-refractivity contribution in [2.45, 2.75) is 40.0 Å². The van der Waals surface area contributed by atoms with Gasteiger partial charge >= 0.3 is 0 Å². The molecule has 7 rings (SSSR count). The lowest BCUT2D eigenvalue weighted by molar-refractivity contribution is 0.788. The Bertz CT molecular complexity index is 1880. The average molecular weight is 547 g/mol. The van der Waals surface area contributed by atoms with Gasteiger partial charge in [0.05, 0.1) is 22.8 Å². The van der Waals surface area contributed by atoms with Crippen LogP contribution in [0.3, 0.4) is 0 Å². The Morgan fingerprint density at radius 3 is 1.45 bits per heavy atom. The molecular formula is C38H34N4. The first-order valence-corrected chi connectivity index (χ1v) is 14.8. The summed E-state index contributed by atoms with van der Waals surface area (Å²) in [6, 6.07) is 28.2. The fourth-order valence-electron chi connectivity index (χ4n) is 5.85. The van der Waals surface area contributed by atoms with Crippen molar-refractivity contribution in [3.8, 4) is 22.3 Å². The van der Waals surface area contributed by atoms with E-state index in [1.54, 1.807) is 0 Å². The lowest BCUT2D eigenvalue weighted by atomic mass is 10.0. The Kier molecular flexibility index (Phi) is 6.67. The smallest absolute Gasteiger partial charge is 0.0737 e. The maximum Gasteiger partial charge on any atom is 0.0737 e. The molecule has 0 saturated carbocycles. The number of benzene rings is 2. The maximum atomic E-state index is 5.26. The van der Waals surface area contributed by atoms with Crippen molar-refractivity contribution in [3.05, 3.63) is 118 Å². The molecule has 4 nitrogen and oxygen atoms in total. The van der Waals surface area contributed by atoms with Crippen LogP contribution in [-0.2, 0) is 6.42 Å². The molecule has 8 bridgehead atoms. The molecule has 5 heterocycles. The van der Waals surface area contributed by atoms with Crippen LogP contribution in [0.25, 0.3) is 68.6 Å². The predicted octanol–water partition coefficient (Wildman–Crippen LogP) is 9.95. The molecule has 3 aromatic heterocycles. The summed E-state index contributed by atoms with van der Waals surface area (Å²) in [6.07, 6.45) is 11.8. The number of fused-ring (bicyclic) bond motifs is 8. The van der Waals surface area contributed by atoms with Gasteiger partial charge in [0.1, 0.15) is 0 Å². The largest absolute Gasteiger partial charge is 0.355 e. The fourth-order valence-corrected chi connectivity index (χ4v) is 5.85. The lowest BCUT2D eigenvalue weighted by Gasteiger charge is -2.06. The fraction of sp³-hybridized carbons (Fsp3) is 0.158. The Morgan fingerprint density at radius 2 is 1.00 bits per heavy atom. The molecule has 0 radical (unpaired) electrons. The van der Waals surface area contributed by atoms with Gasteiger partial charge in [0.15, 0.2) is 0 Å². The third kappa shape index (κ3) is 4.90. The highest BCUT2D eigenvalue weighted by Crippen LogP contribution is 2.34. The monoisotopic (exact) mass is 546 g/mol. The molecule has 2 aromatic carbocycles. The summed E-state index contributed by atoms with van der Waals surface area (Å²) in [5, 5.41) is 0. The Morgan fingerprint density at radius 1 is 0.548 bits per heavy atom. The van der Waals surface area contributed by atoms with Crippen LogP contribution in [0.2, 0.25) is 0 Å². The molecule has 0 unspecified atom stereocenters. The molecule has 2 N–H and O–H groups in total. The van der Waals surface area contributed by atoms with Gasteiger partial charge in [-0.15, -0.1) is 0 Å². The molecule has 2 aliphatic rings. The molecule has 0 atom stereocenters. The van der Waals surface area contributed by atoms with Gasteiger partial charge < -0.3 is 9.97 Å². The summed E-state index contributed by atoms with van der Waals surface area (Å²) in [6.45, 7) is 6.48. The SMILES string of the molecule is CCCCc1c2nc(c(-c3ccc(C)cc3)c3ccc(cc4ccc([nH]4)c(-c4ccc(C)cc4)c4nc1C=C4)[nH]3)C=C2. The Labute approximate surface area is 246 Å². The molecule has 5 aromatic rings. The van der Waals surface area contributed by atoms with E-state index in [1.807, 2.05) is 0 Å². The number of rotatable bonds is 5. The number of unbranched alkanes of at least 4 members (excludes halogenated alkanes) is 1. The second kappa shape index (κ2) is 10.8. The number of hydrogen-bond acceptors (Lipinski definition) is 2. The first-order chi connectivity index (χ1) is 20.6. The molecule has 0 amide bonds. The van der Waals surface area contributed by atoms with Gasteiger partial charge in [-0.05, 0) is 92.5 Å². The second-order valence-electron chi connectivity index (χ2n) is 11.3. The number of aromatic amines is 2. The summed E-state index contributed by atoms with van der Waals surface area (Å²) in [5.41, 5.74) is 16.2. The van der Waals surface area contributed by atoms with Crippen LogP contribution in [0, 0.1) is 13.8 Å². The highest BCUT2D eigenvalue weighted by atomic mass is 14.8. The topological polar surface area (TPSA) is 57.4 Å².